The van der Waals surface area contributed by atoms with Crippen molar-refractivity contribution in [1.29, 1.82) is 0 Å². The Morgan fingerprint density at radius 2 is 1.74 bits per heavy atom. The lowest BCUT2D eigenvalue weighted by Gasteiger charge is -2.17. The van der Waals surface area contributed by atoms with Crippen LogP contribution >= 0.6 is 15.9 Å². The standard InChI is InChI=1S/C15H14BrF2N/c1-8-7-12(16)9(2)6-11(8)15(19)10-4-3-5-13(17)14(10)18/h3-7,15H,19H2,1-2H3. The van der Waals surface area contributed by atoms with E-state index in [1.54, 1.807) is 0 Å². The molecule has 2 aromatic rings. The van der Waals surface area contributed by atoms with Crippen LogP contribution in [-0.4, -0.2) is 0 Å². The Balaban J connectivity index is 2.53. The van der Waals surface area contributed by atoms with Gasteiger partial charge in [0.25, 0.3) is 0 Å². The molecule has 2 aromatic carbocycles. The normalized spacial score (nSPS) is 12.5. The Hall–Kier alpha value is -1.26. The van der Waals surface area contributed by atoms with E-state index in [0.29, 0.717) is 0 Å². The molecule has 0 heterocycles. The van der Waals surface area contributed by atoms with Gasteiger partial charge in [-0.25, -0.2) is 8.78 Å². The highest BCUT2D eigenvalue weighted by Gasteiger charge is 2.18. The summed E-state index contributed by atoms with van der Waals surface area (Å²) in [7, 11) is 0. The fourth-order valence-corrected chi connectivity index (χ4v) is 2.52. The van der Waals surface area contributed by atoms with Crippen LogP contribution in [0.3, 0.4) is 0 Å². The van der Waals surface area contributed by atoms with Gasteiger partial charge in [0.15, 0.2) is 11.6 Å². The fraction of sp³-hybridized carbons (Fsp3) is 0.200. The third-order valence-electron chi connectivity index (χ3n) is 3.20. The highest BCUT2D eigenvalue weighted by molar-refractivity contribution is 9.10. The molecule has 19 heavy (non-hydrogen) atoms. The van der Waals surface area contributed by atoms with Crippen LogP contribution in [0.5, 0.6) is 0 Å². The average Bonchev–Trinajstić information content (AvgIpc) is 2.36. The summed E-state index contributed by atoms with van der Waals surface area (Å²) in [6.07, 6.45) is 0. The maximum Gasteiger partial charge on any atom is 0.163 e. The molecular formula is C15H14BrF2N. The zero-order valence-electron chi connectivity index (χ0n) is 10.7. The SMILES string of the molecule is Cc1cc(C(N)c2cccc(F)c2F)c(C)cc1Br. The molecule has 2 N–H and O–H groups in total. The van der Waals surface area contributed by atoms with Crippen molar-refractivity contribution in [2.75, 3.05) is 0 Å². The molecule has 0 bridgehead atoms. The summed E-state index contributed by atoms with van der Waals surface area (Å²) in [5, 5.41) is 0. The highest BCUT2D eigenvalue weighted by atomic mass is 79.9. The Morgan fingerprint density at radius 3 is 2.42 bits per heavy atom. The van der Waals surface area contributed by atoms with Crippen molar-refractivity contribution < 1.29 is 8.78 Å². The molecule has 0 aromatic heterocycles. The van der Waals surface area contributed by atoms with Crippen LogP contribution in [0.2, 0.25) is 0 Å². The zero-order chi connectivity index (χ0) is 14.2. The van der Waals surface area contributed by atoms with E-state index in [0.717, 1.165) is 27.2 Å². The van der Waals surface area contributed by atoms with Crippen molar-refractivity contribution in [1.82, 2.24) is 0 Å². The minimum Gasteiger partial charge on any atom is -0.320 e. The monoisotopic (exact) mass is 325 g/mol. The van der Waals surface area contributed by atoms with Gasteiger partial charge >= 0.3 is 0 Å². The van der Waals surface area contributed by atoms with Crippen LogP contribution in [-0.2, 0) is 0 Å². The molecule has 4 heteroatoms. The average molecular weight is 326 g/mol. The molecule has 100 valence electrons. The number of hydrogen-bond acceptors (Lipinski definition) is 1. The molecule has 2 rings (SSSR count). The maximum absolute atomic E-state index is 13.8. The summed E-state index contributed by atoms with van der Waals surface area (Å²) in [5.41, 5.74) is 9.00. The first kappa shape index (κ1) is 14.2. The van der Waals surface area contributed by atoms with Crippen molar-refractivity contribution in [2.24, 2.45) is 5.73 Å². The fourth-order valence-electron chi connectivity index (χ4n) is 2.07. The smallest absolute Gasteiger partial charge is 0.163 e. The van der Waals surface area contributed by atoms with Gasteiger partial charge in [0.2, 0.25) is 0 Å². The van der Waals surface area contributed by atoms with Gasteiger partial charge in [-0.2, -0.15) is 0 Å². The van der Waals surface area contributed by atoms with Crippen molar-refractivity contribution in [3.63, 3.8) is 0 Å². The molecule has 0 aliphatic heterocycles. The highest BCUT2D eigenvalue weighted by Crippen LogP contribution is 2.29. The Kier molecular flexibility index (Phi) is 4.02. The second-order valence-corrected chi connectivity index (χ2v) is 5.43. The van der Waals surface area contributed by atoms with Crippen molar-refractivity contribution in [2.45, 2.75) is 19.9 Å². The Labute approximate surface area is 119 Å². The zero-order valence-corrected chi connectivity index (χ0v) is 12.3. The molecule has 0 aliphatic rings. The molecule has 0 radical (unpaired) electrons. The van der Waals surface area contributed by atoms with Gasteiger partial charge in [-0.3, -0.25) is 0 Å². The molecule has 0 saturated heterocycles. The van der Waals surface area contributed by atoms with Crippen LogP contribution in [0.4, 0.5) is 8.78 Å². The lowest BCUT2D eigenvalue weighted by molar-refractivity contribution is 0.494. The summed E-state index contributed by atoms with van der Waals surface area (Å²) in [5.74, 6) is -1.76. The second kappa shape index (κ2) is 5.39. The third-order valence-corrected chi connectivity index (χ3v) is 4.05. The minimum absolute atomic E-state index is 0.171. The van der Waals surface area contributed by atoms with E-state index in [9.17, 15) is 8.78 Å². The van der Waals surface area contributed by atoms with Crippen molar-refractivity contribution >= 4 is 15.9 Å². The van der Waals surface area contributed by atoms with E-state index in [1.807, 2.05) is 26.0 Å². The number of aryl methyl sites for hydroxylation is 2. The van der Waals surface area contributed by atoms with Gasteiger partial charge in [-0.05, 0) is 42.7 Å². The largest absolute Gasteiger partial charge is 0.320 e. The number of nitrogens with two attached hydrogens (primary N) is 1. The summed E-state index contributed by atoms with van der Waals surface area (Å²) in [6.45, 7) is 3.83. The lowest BCUT2D eigenvalue weighted by Crippen LogP contribution is -2.16. The van der Waals surface area contributed by atoms with Crippen LogP contribution in [0.1, 0.15) is 28.3 Å². The number of benzene rings is 2. The first-order valence-corrected chi connectivity index (χ1v) is 6.67. The van der Waals surface area contributed by atoms with Gasteiger partial charge in [-0.1, -0.05) is 34.1 Å². The number of rotatable bonds is 2. The summed E-state index contributed by atoms with van der Waals surface area (Å²) < 4.78 is 28.0. The van der Waals surface area contributed by atoms with Gasteiger partial charge < -0.3 is 5.73 Å². The molecule has 0 saturated carbocycles. The van der Waals surface area contributed by atoms with Crippen molar-refractivity contribution in [3.8, 4) is 0 Å². The van der Waals surface area contributed by atoms with Crippen LogP contribution in [0, 0.1) is 25.5 Å². The quantitative estimate of drug-likeness (QED) is 0.870. The van der Waals surface area contributed by atoms with Gasteiger partial charge in [0.1, 0.15) is 0 Å². The molecule has 1 atom stereocenters. The topological polar surface area (TPSA) is 26.0 Å². The van der Waals surface area contributed by atoms with Crippen LogP contribution < -0.4 is 5.73 Å². The molecule has 0 fully saturated rings. The second-order valence-electron chi connectivity index (χ2n) is 4.58. The lowest BCUT2D eigenvalue weighted by atomic mass is 9.94. The maximum atomic E-state index is 13.8. The molecular weight excluding hydrogens is 312 g/mol. The summed E-state index contributed by atoms with van der Waals surface area (Å²) >= 11 is 3.44. The predicted octanol–water partition coefficient (Wildman–Crippen LogP) is 4.39. The first-order chi connectivity index (χ1) is 8.91. The first-order valence-electron chi connectivity index (χ1n) is 5.88. The van der Waals surface area contributed by atoms with Gasteiger partial charge in [-0.15, -0.1) is 0 Å². The summed E-state index contributed by atoms with van der Waals surface area (Å²) in [6, 6.07) is 7.22. The molecule has 1 unspecified atom stereocenters. The van der Waals surface area contributed by atoms with E-state index in [2.05, 4.69) is 15.9 Å². The van der Waals surface area contributed by atoms with Crippen molar-refractivity contribution in [3.05, 3.63) is 68.7 Å². The minimum atomic E-state index is -0.880. The van der Waals surface area contributed by atoms with E-state index in [4.69, 9.17) is 5.73 Å². The molecule has 0 spiro atoms. The Bertz CT molecular complexity index is 626. The molecule has 0 amide bonds. The number of halogens is 3. The van der Waals surface area contributed by atoms with E-state index in [-0.39, 0.29) is 5.56 Å². The Morgan fingerprint density at radius 1 is 1.05 bits per heavy atom. The van der Waals surface area contributed by atoms with E-state index >= 15 is 0 Å². The van der Waals surface area contributed by atoms with Crippen LogP contribution in [0.25, 0.3) is 0 Å². The number of hydrogen-bond donors (Lipinski definition) is 1. The van der Waals surface area contributed by atoms with Gasteiger partial charge in [0, 0.05) is 10.0 Å². The van der Waals surface area contributed by atoms with Gasteiger partial charge in [0.05, 0.1) is 6.04 Å². The predicted molar refractivity (Wildman–Crippen MR) is 76.0 cm³/mol. The van der Waals surface area contributed by atoms with E-state index in [1.165, 1.54) is 12.1 Å². The van der Waals surface area contributed by atoms with Crippen LogP contribution in [0.15, 0.2) is 34.8 Å². The molecule has 1 nitrogen and oxygen atoms in total. The third kappa shape index (κ3) is 2.69. The summed E-state index contributed by atoms with van der Waals surface area (Å²) in [4.78, 5) is 0. The van der Waals surface area contributed by atoms with E-state index < -0.39 is 17.7 Å². The molecule has 0 aliphatic carbocycles.